The molecule has 1 saturated carbocycles. The smallest absolute Gasteiger partial charge is 0.329 e. The molecule has 0 radical (unpaired) electrons. The SMILES string of the molecule is COc1cccc(OCC(=O)NC2(C(=O)O)CCCCC2)c1. The van der Waals surface area contributed by atoms with E-state index in [0.29, 0.717) is 24.3 Å². The summed E-state index contributed by atoms with van der Waals surface area (Å²) in [6.07, 6.45) is 3.55. The molecule has 22 heavy (non-hydrogen) atoms. The minimum absolute atomic E-state index is 0.220. The first-order chi connectivity index (χ1) is 10.6. The van der Waals surface area contributed by atoms with Crippen LogP contribution in [0.15, 0.2) is 24.3 Å². The number of methoxy groups -OCH3 is 1. The zero-order chi connectivity index (χ0) is 16.0. The Morgan fingerprint density at radius 2 is 1.91 bits per heavy atom. The van der Waals surface area contributed by atoms with Gasteiger partial charge in [-0.2, -0.15) is 0 Å². The third-order valence-corrected chi connectivity index (χ3v) is 3.91. The molecule has 0 bridgehead atoms. The van der Waals surface area contributed by atoms with E-state index in [4.69, 9.17) is 9.47 Å². The molecule has 2 N–H and O–H groups in total. The highest BCUT2D eigenvalue weighted by Gasteiger charge is 2.40. The summed E-state index contributed by atoms with van der Waals surface area (Å²) in [7, 11) is 1.55. The van der Waals surface area contributed by atoms with Gasteiger partial charge in [-0.3, -0.25) is 4.79 Å². The Bertz CT molecular complexity index is 537. The van der Waals surface area contributed by atoms with Crippen molar-refractivity contribution in [2.45, 2.75) is 37.6 Å². The highest BCUT2D eigenvalue weighted by molar-refractivity contribution is 5.87. The number of hydrogen-bond acceptors (Lipinski definition) is 4. The van der Waals surface area contributed by atoms with E-state index in [1.807, 2.05) is 0 Å². The van der Waals surface area contributed by atoms with Crippen molar-refractivity contribution >= 4 is 11.9 Å². The second-order valence-electron chi connectivity index (χ2n) is 5.46. The number of amides is 1. The Kier molecular flexibility index (Phi) is 5.25. The maximum absolute atomic E-state index is 12.0. The van der Waals surface area contributed by atoms with Gasteiger partial charge in [0.1, 0.15) is 17.0 Å². The largest absolute Gasteiger partial charge is 0.497 e. The number of carboxylic acids is 1. The van der Waals surface area contributed by atoms with Crippen LogP contribution in [-0.4, -0.2) is 36.2 Å². The Balaban J connectivity index is 1.92. The zero-order valence-corrected chi connectivity index (χ0v) is 12.6. The third kappa shape index (κ3) is 3.90. The van der Waals surface area contributed by atoms with Gasteiger partial charge in [-0.05, 0) is 25.0 Å². The molecule has 6 nitrogen and oxygen atoms in total. The molecule has 6 heteroatoms. The molecule has 0 aromatic heterocycles. The van der Waals surface area contributed by atoms with Crippen LogP contribution in [-0.2, 0) is 9.59 Å². The molecule has 1 amide bonds. The van der Waals surface area contributed by atoms with E-state index in [9.17, 15) is 14.7 Å². The predicted molar refractivity (Wildman–Crippen MR) is 80.1 cm³/mol. The minimum atomic E-state index is -1.15. The lowest BCUT2D eigenvalue weighted by Crippen LogP contribution is -2.56. The van der Waals surface area contributed by atoms with Crippen LogP contribution in [0.1, 0.15) is 32.1 Å². The molecule has 1 aromatic rings. The lowest BCUT2D eigenvalue weighted by atomic mass is 9.81. The molecule has 0 unspecified atom stereocenters. The molecule has 0 atom stereocenters. The summed E-state index contributed by atoms with van der Waals surface area (Å²) in [5.41, 5.74) is -1.15. The minimum Gasteiger partial charge on any atom is -0.497 e. The molecule has 1 aromatic carbocycles. The van der Waals surface area contributed by atoms with Crippen LogP contribution >= 0.6 is 0 Å². The molecule has 1 fully saturated rings. The summed E-state index contributed by atoms with van der Waals surface area (Å²) in [6, 6.07) is 6.91. The van der Waals surface area contributed by atoms with Crippen molar-refractivity contribution in [1.29, 1.82) is 0 Å². The number of ether oxygens (including phenoxy) is 2. The van der Waals surface area contributed by atoms with Gasteiger partial charge in [0.05, 0.1) is 7.11 Å². The highest BCUT2D eigenvalue weighted by Crippen LogP contribution is 2.28. The van der Waals surface area contributed by atoms with E-state index in [2.05, 4.69) is 5.32 Å². The van der Waals surface area contributed by atoms with Gasteiger partial charge in [-0.25, -0.2) is 4.79 Å². The molecule has 0 heterocycles. The first kappa shape index (κ1) is 16.1. The molecule has 0 aliphatic heterocycles. The molecule has 0 spiro atoms. The first-order valence-corrected chi connectivity index (χ1v) is 7.37. The molecule has 1 aliphatic carbocycles. The van der Waals surface area contributed by atoms with E-state index in [1.165, 1.54) is 0 Å². The summed E-state index contributed by atoms with van der Waals surface area (Å²) in [6.45, 7) is -0.220. The monoisotopic (exact) mass is 307 g/mol. The predicted octanol–water partition coefficient (Wildman–Crippen LogP) is 1.98. The van der Waals surface area contributed by atoms with Gasteiger partial charge in [-0.1, -0.05) is 25.3 Å². The van der Waals surface area contributed by atoms with Gasteiger partial charge in [0.15, 0.2) is 6.61 Å². The number of aliphatic carboxylic acids is 1. The third-order valence-electron chi connectivity index (χ3n) is 3.91. The van der Waals surface area contributed by atoms with Gasteiger partial charge in [-0.15, -0.1) is 0 Å². The molecule has 1 aliphatic rings. The van der Waals surface area contributed by atoms with Crippen molar-refractivity contribution in [1.82, 2.24) is 5.32 Å². The number of hydrogen-bond donors (Lipinski definition) is 2. The second-order valence-corrected chi connectivity index (χ2v) is 5.46. The van der Waals surface area contributed by atoms with Gasteiger partial charge < -0.3 is 19.9 Å². The lowest BCUT2D eigenvalue weighted by molar-refractivity contribution is -0.149. The van der Waals surface area contributed by atoms with Crippen molar-refractivity contribution in [3.8, 4) is 11.5 Å². The fourth-order valence-corrected chi connectivity index (χ4v) is 2.69. The van der Waals surface area contributed by atoms with E-state index < -0.39 is 17.4 Å². The number of benzene rings is 1. The Labute approximate surface area is 129 Å². The van der Waals surface area contributed by atoms with Crippen LogP contribution in [0, 0.1) is 0 Å². The first-order valence-electron chi connectivity index (χ1n) is 7.37. The summed E-state index contributed by atoms with van der Waals surface area (Å²) < 4.78 is 10.5. The average Bonchev–Trinajstić information content (AvgIpc) is 2.54. The highest BCUT2D eigenvalue weighted by atomic mass is 16.5. The number of carboxylic acid groups (broad SMARTS) is 1. The molecule has 120 valence electrons. The van der Waals surface area contributed by atoms with Gasteiger partial charge in [0.25, 0.3) is 5.91 Å². The van der Waals surface area contributed by atoms with Crippen LogP contribution in [0.3, 0.4) is 0 Å². The Morgan fingerprint density at radius 1 is 1.23 bits per heavy atom. The van der Waals surface area contributed by atoms with Crippen molar-refractivity contribution in [2.75, 3.05) is 13.7 Å². The summed E-state index contributed by atoms with van der Waals surface area (Å²) in [4.78, 5) is 23.5. The maximum atomic E-state index is 12.0. The summed E-state index contributed by atoms with van der Waals surface area (Å²) in [5.74, 6) is -0.260. The number of nitrogens with one attached hydrogen (secondary N) is 1. The van der Waals surface area contributed by atoms with Crippen molar-refractivity contribution < 1.29 is 24.2 Å². The fourth-order valence-electron chi connectivity index (χ4n) is 2.69. The van der Waals surface area contributed by atoms with Crippen LogP contribution in [0.4, 0.5) is 0 Å². The number of carbonyl (C=O) groups excluding carboxylic acids is 1. The quantitative estimate of drug-likeness (QED) is 0.839. The van der Waals surface area contributed by atoms with Crippen LogP contribution < -0.4 is 14.8 Å². The Morgan fingerprint density at radius 3 is 2.55 bits per heavy atom. The molecule has 2 rings (SSSR count). The topological polar surface area (TPSA) is 84.9 Å². The van der Waals surface area contributed by atoms with Crippen LogP contribution in [0.5, 0.6) is 11.5 Å². The lowest BCUT2D eigenvalue weighted by Gasteiger charge is -2.33. The number of carbonyl (C=O) groups is 2. The zero-order valence-electron chi connectivity index (χ0n) is 12.6. The van der Waals surface area contributed by atoms with E-state index in [0.717, 1.165) is 19.3 Å². The number of rotatable bonds is 6. The summed E-state index contributed by atoms with van der Waals surface area (Å²) in [5, 5.41) is 12.1. The standard InChI is InChI=1S/C16H21NO5/c1-21-12-6-5-7-13(10-12)22-11-14(18)17-16(15(19)20)8-3-2-4-9-16/h5-7,10H,2-4,8-9,11H2,1H3,(H,17,18)(H,19,20). The van der Waals surface area contributed by atoms with Crippen molar-refractivity contribution in [3.63, 3.8) is 0 Å². The van der Waals surface area contributed by atoms with Crippen LogP contribution in [0.25, 0.3) is 0 Å². The Hall–Kier alpha value is -2.24. The van der Waals surface area contributed by atoms with Gasteiger partial charge in [0, 0.05) is 6.07 Å². The van der Waals surface area contributed by atoms with Crippen molar-refractivity contribution in [3.05, 3.63) is 24.3 Å². The normalized spacial score (nSPS) is 16.6. The van der Waals surface area contributed by atoms with Gasteiger partial charge >= 0.3 is 5.97 Å². The molecular formula is C16H21NO5. The average molecular weight is 307 g/mol. The van der Waals surface area contributed by atoms with Crippen LogP contribution in [0.2, 0.25) is 0 Å². The van der Waals surface area contributed by atoms with Crippen molar-refractivity contribution in [2.24, 2.45) is 0 Å². The summed E-state index contributed by atoms with van der Waals surface area (Å²) >= 11 is 0. The second kappa shape index (κ2) is 7.15. The van der Waals surface area contributed by atoms with Gasteiger partial charge in [0.2, 0.25) is 0 Å². The molecular weight excluding hydrogens is 286 g/mol. The van der Waals surface area contributed by atoms with E-state index in [1.54, 1.807) is 31.4 Å². The van der Waals surface area contributed by atoms with E-state index >= 15 is 0 Å². The molecule has 0 saturated heterocycles. The fraction of sp³-hybridized carbons (Fsp3) is 0.500. The maximum Gasteiger partial charge on any atom is 0.329 e. The van der Waals surface area contributed by atoms with E-state index in [-0.39, 0.29) is 6.61 Å².